The molecule has 0 bridgehead atoms. The molecule has 4 heteroatoms. The van der Waals surface area contributed by atoms with Gasteiger partial charge in [0.25, 0.3) is 0 Å². The summed E-state index contributed by atoms with van der Waals surface area (Å²) in [5, 5.41) is 0. The molecule has 0 aromatic heterocycles. The molecule has 0 saturated carbocycles. The van der Waals surface area contributed by atoms with Gasteiger partial charge >= 0.3 is 0 Å². The summed E-state index contributed by atoms with van der Waals surface area (Å²) >= 11 is 3.43. The number of benzene rings is 2. The van der Waals surface area contributed by atoms with Crippen LogP contribution in [-0.2, 0) is 0 Å². The van der Waals surface area contributed by atoms with Gasteiger partial charge in [0.15, 0.2) is 0 Å². The average Bonchev–Trinajstić information content (AvgIpc) is 2.46. The van der Waals surface area contributed by atoms with Crippen LogP contribution in [0.5, 0.6) is 17.2 Å². The van der Waals surface area contributed by atoms with Crippen molar-refractivity contribution < 1.29 is 14.2 Å². The Hall–Kier alpha value is -1.68. The Kier molecular flexibility index (Phi) is 5.30. The van der Waals surface area contributed by atoms with Crippen LogP contribution in [0, 0.1) is 6.92 Å². The van der Waals surface area contributed by atoms with Gasteiger partial charge in [-0.3, -0.25) is 0 Å². The fourth-order valence-corrected chi connectivity index (χ4v) is 2.23. The van der Waals surface area contributed by atoms with E-state index in [9.17, 15) is 0 Å². The minimum absolute atomic E-state index is 0.502. The largest absolute Gasteiger partial charge is 0.497 e. The number of hydrogen-bond acceptors (Lipinski definition) is 3. The fraction of sp³-hybridized carbons (Fsp3) is 0.250. The third kappa shape index (κ3) is 4.17. The fourth-order valence-electron chi connectivity index (χ4n) is 1.76. The first kappa shape index (κ1) is 14.7. The van der Waals surface area contributed by atoms with Crippen LogP contribution in [0.15, 0.2) is 46.9 Å². The van der Waals surface area contributed by atoms with Gasteiger partial charge in [0.2, 0.25) is 0 Å². The summed E-state index contributed by atoms with van der Waals surface area (Å²) in [6, 6.07) is 13.4. The first-order valence-corrected chi connectivity index (χ1v) is 7.14. The van der Waals surface area contributed by atoms with E-state index in [1.807, 2.05) is 49.4 Å². The van der Waals surface area contributed by atoms with Crippen molar-refractivity contribution in [3.8, 4) is 17.2 Å². The SMILES string of the molecule is COc1ccc(OCCOc2ccc(Br)cc2C)cc1. The van der Waals surface area contributed by atoms with Crippen LogP contribution >= 0.6 is 15.9 Å². The lowest BCUT2D eigenvalue weighted by Crippen LogP contribution is -2.09. The lowest BCUT2D eigenvalue weighted by atomic mass is 10.2. The van der Waals surface area contributed by atoms with Gasteiger partial charge in [0, 0.05) is 4.47 Å². The molecule has 0 spiro atoms. The molecule has 0 radical (unpaired) electrons. The molecule has 0 unspecified atom stereocenters. The van der Waals surface area contributed by atoms with Crippen LogP contribution in [0.2, 0.25) is 0 Å². The minimum atomic E-state index is 0.502. The maximum Gasteiger partial charge on any atom is 0.122 e. The number of ether oxygens (including phenoxy) is 3. The molecule has 20 heavy (non-hydrogen) atoms. The maximum absolute atomic E-state index is 5.69. The smallest absolute Gasteiger partial charge is 0.122 e. The third-order valence-corrected chi connectivity index (χ3v) is 3.30. The molecule has 106 valence electrons. The maximum atomic E-state index is 5.69. The van der Waals surface area contributed by atoms with E-state index in [1.54, 1.807) is 7.11 Å². The summed E-state index contributed by atoms with van der Waals surface area (Å²) < 4.78 is 17.4. The second kappa shape index (κ2) is 7.20. The Bertz CT molecular complexity index is 552. The zero-order valence-electron chi connectivity index (χ0n) is 11.6. The van der Waals surface area contributed by atoms with Gasteiger partial charge in [-0.25, -0.2) is 0 Å². The molecule has 0 aliphatic rings. The summed E-state index contributed by atoms with van der Waals surface area (Å²) in [6.45, 7) is 3.03. The van der Waals surface area contributed by atoms with Crippen LogP contribution < -0.4 is 14.2 Å². The molecule has 0 N–H and O–H groups in total. The molecular formula is C16H17BrO3. The monoisotopic (exact) mass is 336 g/mol. The Balaban J connectivity index is 1.78. The van der Waals surface area contributed by atoms with E-state index in [2.05, 4.69) is 15.9 Å². The van der Waals surface area contributed by atoms with Crippen molar-refractivity contribution in [3.05, 3.63) is 52.5 Å². The highest BCUT2D eigenvalue weighted by molar-refractivity contribution is 9.10. The number of halogens is 1. The number of methoxy groups -OCH3 is 1. The van der Waals surface area contributed by atoms with E-state index in [-0.39, 0.29) is 0 Å². The molecule has 0 aliphatic heterocycles. The van der Waals surface area contributed by atoms with Crippen LogP contribution in [0.25, 0.3) is 0 Å². The molecule has 3 nitrogen and oxygen atoms in total. The quantitative estimate of drug-likeness (QED) is 0.739. The van der Waals surface area contributed by atoms with E-state index in [0.717, 1.165) is 27.3 Å². The second-order valence-corrected chi connectivity index (χ2v) is 5.20. The van der Waals surface area contributed by atoms with Crippen molar-refractivity contribution in [2.75, 3.05) is 20.3 Å². The summed E-state index contributed by atoms with van der Waals surface area (Å²) in [7, 11) is 1.64. The first-order chi connectivity index (χ1) is 9.69. The van der Waals surface area contributed by atoms with Crippen molar-refractivity contribution in [2.24, 2.45) is 0 Å². The van der Waals surface area contributed by atoms with Gasteiger partial charge < -0.3 is 14.2 Å². The van der Waals surface area contributed by atoms with E-state index in [0.29, 0.717) is 13.2 Å². The highest BCUT2D eigenvalue weighted by Crippen LogP contribution is 2.22. The predicted octanol–water partition coefficient (Wildman–Crippen LogP) is 4.22. The zero-order valence-corrected chi connectivity index (χ0v) is 13.1. The van der Waals surface area contributed by atoms with Crippen molar-refractivity contribution in [1.82, 2.24) is 0 Å². The Morgan fingerprint density at radius 1 is 0.900 bits per heavy atom. The first-order valence-electron chi connectivity index (χ1n) is 6.35. The summed E-state index contributed by atoms with van der Waals surface area (Å²) in [6.07, 6.45) is 0. The molecule has 2 aromatic carbocycles. The molecule has 0 saturated heterocycles. The topological polar surface area (TPSA) is 27.7 Å². The Morgan fingerprint density at radius 2 is 1.55 bits per heavy atom. The molecule has 0 fully saturated rings. The van der Waals surface area contributed by atoms with E-state index < -0.39 is 0 Å². The Morgan fingerprint density at radius 3 is 2.20 bits per heavy atom. The zero-order chi connectivity index (χ0) is 14.4. The van der Waals surface area contributed by atoms with Crippen molar-refractivity contribution >= 4 is 15.9 Å². The molecule has 2 rings (SSSR count). The van der Waals surface area contributed by atoms with E-state index in [1.165, 1.54) is 0 Å². The van der Waals surface area contributed by atoms with Gasteiger partial charge in [-0.1, -0.05) is 15.9 Å². The molecule has 2 aromatic rings. The van der Waals surface area contributed by atoms with Crippen molar-refractivity contribution in [1.29, 1.82) is 0 Å². The Labute approximate surface area is 127 Å². The number of aryl methyl sites for hydroxylation is 1. The van der Waals surface area contributed by atoms with Crippen molar-refractivity contribution in [3.63, 3.8) is 0 Å². The minimum Gasteiger partial charge on any atom is -0.497 e. The highest BCUT2D eigenvalue weighted by Gasteiger charge is 2.00. The average molecular weight is 337 g/mol. The van der Waals surface area contributed by atoms with Gasteiger partial charge in [-0.15, -0.1) is 0 Å². The number of hydrogen-bond donors (Lipinski definition) is 0. The lowest BCUT2D eigenvalue weighted by Gasteiger charge is -2.10. The van der Waals surface area contributed by atoms with Crippen LogP contribution in [-0.4, -0.2) is 20.3 Å². The van der Waals surface area contributed by atoms with Crippen LogP contribution in [0.1, 0.15) is 5.56 Å². The molecular weight excluding hydrogens is 320 g/mol. The van der Waals surface area contributed by atoms with Crippen molar-refractivity contribution in [2.45, 2.75) is 6.92 Å². The van der Waals surface area contributed by atoms with Gasteiger partial charge in [0.05, 0.1) is 7.11 Å². The predicted molar refractivity (Wildman–Crippen MR) is 82.9 cm³/mol. The van der Waals surface area contributed by atoms with Crippen LogP contribution in [0.3, 0.4) is 0 Å². The molecule has 0 amide bonds. The van der Waals surface area contributed by atoms with Gasteiger partial charge in [0.1, 0.15) is 30.5 Å². The number of rotatable bonds is 6. The normalized spacial score (nSPS) is 10.2. The standard InChI is InChI=1S/C16H17BrO3/c1-12-11-13(17)3-8-16(12)20-10-9-19-15-6-4-14(18-2)5-7-15/h3-8,11H,9-10H2,1-2H3. The summed E-state index contributed by atoms with van der Waals surface area (Å²) in [5.74, 6) is 2.51. The summed E-state index contributed by atoms with van der Waals surface area (Å²) in [5.41, 5.74) is 1.10. The van der Waals surface area contributed by atoms with Crippen LogP contribution in [0.4, 0.5) is 0 Å². The molecule has 0 atom stereocenters. The van der Waals surface area contributed by atoms with Gasteiger partial charge in [-0.05, 0) is 55.0 Å². The molecule has 0 heterocycles. The van der Waals surface area contributed by atoms with Gasteiger partial charge in [-0.2, -0.15) is 0 Å². The highest BCUT2D eigenvalue weighted by atomic mass is 79.9. The summed E-state index contributed by atoms with van der Waals surface area (Å²) in [4.78, 5) is 0. The van der Waals surface area contributed by atoms with E-state index in [4.69, 9.17) is 14.2 Å². The molecule has 0 aliphatic carbocycles. The van der Waals surface area contributed by atoms with E-state index >= 15 is 0 Å². The third-order valence-electron chi connectivity index (χ3n) is 2.81. The lowest BCUT2D eigenvalue weighted by molar-refractivity contribution is 0.216. The second-order valence-electron chi connectivity index (χ2n) is 4.28.